The number of benzene rings is 1. The molecule has 1 aromatic carbocycles. The number of hydrogen-bond donors (Lipinski definition) is 1. The van der Waals surface area contributed by atoms with E-state index in [1.807, 2.05) is 7.05 Å². The van der Waals surface area contributed by atoms with Gasteiger partial charge in [0.05, 0.1) is 6.10 Å². The molecule has 0 bridgehead atoms. The summed E-state index contributed by atoms with van der Waals surface area (Å²) in [6.07, 6.45) is 1.57. The summed E-state index contributed by atoms with van der Waals surface area (Å²) in [4.78, 5) is 4.65. The van der Waals surface area contributed by atoms with E-state index in [2.05, 4.69) is 16.7 Å². The Balaban J connectivity index is 2.15. The van der Waals surface area contributed by atoms with Gasteiger partial charge in [-0.1, -0.05) is 6.92 Å². The Morgan fingerprint density at radius 1 is 1.40 bits per heavy atom. The average Bonchev–Trinajstić information content (AvgIpc) is 2.46. The maximum Gasteiger partial charge on any atom is 0.123 e. The molecule has 0 aliphatic carbocycles. The molecule has 0 aromatic heterocycles. The highest BCUT2D eigenvalue weighted by Crippen LogP contribution is 2.30. The smallest absolute Gasteiger partial charge is 0.123 e. The van der Waals surface area contributed by atoms with Crippen molar-refractivity contribution >= 4 is 5.69 Å². The van der Waals surface area contributed by atoms with Crippen molar-refractivity contribution < 1.29 is 9.50 Å². The van der Waals surface area contributed by atoms with Crippen LogP contribution in [0.3, 0.4) is 0 Å². The first-order chi connectivity index (χ1) is 9.52. The summed E-state index contributed by atoms with van der Waals surface area (Å²) in [5.74, 6) is -0.293. The van der Waals surface area contributed by atoms with Crippen LogP contribution < -0.4 is 4.90 Å². The Morgan fingerprint density at radius 2 is 2.05 bits per heavy atom. The molecule has 0 amide bonds. The molecule has 1 fully saturated rings. The molecule has 1 atom stereocenters. The summed E-state index contributed by atoms with van der Waals surface area (Å²) in [7, 11) is 2.05. The molecule has 1 N–H and O–H groups in total. The fraction of sp³-hybridized carbons (Fsp3) is 0.625. The van der Waals surface area contributed by atoms with Crippen LogP contribution in [-0.2, 0) is 0 Å². The second-order valence-electron chi connectivity index (χ2n) is 5.66. The third kappa shape index (κ3) is 3.30. The molecule has 112 valence electrons. The minimum atomic E-state index is -0.654. The Labute approximate surface area is 121 Å². The molecule has 1 saturated heterocycles. The zero-order valence-electron chi connectivity index (χ0n) is 12.6. The van der Waals surface area contributed by atoms with E-state index in [0.717, 1.165) is 38.2 Å². The largest absolute Gasteiger partial charge is 0.389 e. The lowest BCUT2D eigenvalue weighted by atomic mass is 10.0. The number of hydrogen-bond acceptors (Lipinski definition) is 3. The molecule has 20 heavy (non-hydrogen) atoms. The van der Waals surface area contributed by atoms with Crippen molar-refractivity contribution in [3.63, 3.8) is 0 Å². The van der Waals surface area contributed by atoms with Crippen LogP contribution in [0.4, 0.5) is 10.1 Å². The molecule has 1 aliphatic rings. The number of anilines is 1. The van der Waals surface area contributed by atoms with Gasteiger partial charge in [0.1, 0.15) is 5.82 Å². The van der Waals surface area contributed by atoms with Crippen LogP contribution in [0.15, 0.2) is 18.2 Å². The van der Waals surface area contributed by atoms with Crippen LogP contribution in [0, 0.1) is 5.82 Å². The van der Waals surface area contributed by atoms with Crippen LogP contribution in [0.1, 0.15) is 38.4 Å². The SMILES string of the molecule is CCN1CCC(N(C)c2ccc(F)cc2[C@@H](C)O)CC1. The van der Waals surface area contributed by atoms with Gasteiger partial charge in [-0.15, -0.1) is 0 Å². The molecule has 1 aliphatic heterocycles. The third-order valence-electron chi connectivity index (χ3n) is 4.37. The number of piperidine rings is 1. The van der Waals surface area contributed by atoms with Crippen LogP contribution >= 0.6 is 0 Å². The van der Waals surface area contributed by atoms with Gasteiger partial charge >= 0.3 is 0 Å². The van der Waals surface area contributed by atoms with E-state index in [-0.39, 0.29) is 5.82 Å². The number of likely N-dealkylation sites (tertiary alicyclic amines) is 1. The fourth-order valence-corrected chi connectivity index (χ4v) is 3.00. The van der Waals surface area contributed by atoms with Gasteiger partial charge in [-0.25, -0.2) is 4.39 Å². The maximum absolute atomic E-state index is 13.4. The Kier molecular flexibility index (Phi) is 5.00. The number of aliphatic hydroxyl groups is 1. The highest BCUT2D eigenvalue weighted by Gasteiger charge is 2.24. The van der Waals surface area contributed by atoms with Crippen molar-refractivity contribution in [2.45, 2.75) is 38.8 Å². The number of nitrogens with zero attached hydrogens (tertiary/aromatic N) is 2. The van der Waals surface area contributed by atoms with Gasteiger partial charge in [0.2, 0.25) is 0 Å². The van der Waals surface area contributed by atoms with E-state index < -0.39 is 6.10 Å². The van der Waals surface area contributed by atoms with Gasteiger partial charge in [-0.3, -0.25) is 0 Å². The van der Waals surface area contributed by atoms with Gasteiger partial charge in [-0.05, 0) is 44.5 Å². The van der Waals surface area contributed by atoms with Crippen LogP contribution in [-0.4, -0.2) is 42.7 Å². The lowest BCUT2D eigenvalue weighted by molar-refractivity contribution is 0.198. The quantitative estimate of drug-likeness (QED) is 0.918. The third-order valence-corrected chi connectivity index (χ3v) is 4.37. The molecular weight excluding hydrogens is 255 g/mol. The normalized spacial score (nSPS) is 19.1. The van der Waals surface area contributed by atoms with E-state index in [9.17, 15) is 9.50 Å². The van der Waals surface area contributed by atoms with Gasteiger partial charge in [-0.2, -0.15) is 0 Å². The second kappa shape index (κ2) is 6.55. The Bertz CT molecular complexity index is 442. The molecule has 0 spiro atoms. The Morgan fingerprint density at radius 3 is 2.60 bits per heavy atom. The first-order valence-electron chi connectivity index (χ1n) is 7.45. The standard InChI is InChI=1S/C16H25FN2O/c1-4-19-9-7-14(8-10-19)18(3)16-6-5-13(17)11-15(16)12(2)20/h5-6,11-12,14,20H,4,7-10H2,1-3H3/t12-/m1/s1. The van der Waals surface area contributed by atoms with Crippen molar-refractivity contribution in [1.29, 1.82) is 0 Å². The molecule has 0 radical (unpaired) electrons. The first-order valence-corrected chi connectivity index (χ1v) is 7.45. The topological polar surface area (TPSA) is 26.7 Å². The van der Waals surface area contributed by atoms with Crippen molar-refractivity contribution in [2.75, 3.05) is 31.6 Å². The second-order valence-corrected chi connectivity index (χ2v) is 5.66. The van der Waals surface area contributed by atoms with Gasteiger partial charge in [0, 0.05) is 37.4 Å². The lowest BCUT2D eigenvalue weighted by Crippen LogP contribution is -2.43. The number of rotatable bonds is 4. The predicted octanol–water partition coefficient (Wildman–Crippen LogP) is 2.80. The maximum atomic E-state index is 13.4. The van der Waals surface area contributed by atoms with E-state index in [1.54, 1.807) is 13.0 Å². The van der Waals surface area contributed by atoms with Crippen molar-refractivity contribution in [3.8, 4) is 0 Å². The van der Waals surface area contributed by atoms with E-state index in [4.69, 9.17) is 0 Å². The average molecular weight is 280 g/mol. The monoisotopic (exact) mass is 280 g/mol. The minimum absolute atomic E-state index is 0.293. The van der Waals surface area contributed by atoms with Crippen molar-refractivity contribution in [2.24, 2.45) is 0 Å². The molecule has 0 unspecified atom stereocenters. The fourth-order valence-electron chi connectivity index (χ4n) is 3.00. The summed E-state index contributed by atoms with van der Waals surface area (Å²) in [6, 6.07) is 5.15. The summed E-state index contributed by atoms with van der Waals surface area (Å²) in [5, 5.41) is 9.85. The summed E-state index contributed by atoms with van der Waals surface area (Å²) >= 11 is 0. The van der Waals surface area contributed by atoms with E-state index in [0.29, 0.717) is 11.6 Å². The van der Waals surface area contributed by atoms with Crippen molar-refractivity contribution in [1.82, 2.24) is 4.90 Å². The molecule has 0 saturated carbocycles. The number of aliphatic hydroxyl groups excluding tert-OH is 1. The van der Waals surface area contributed by atoms with Gasteiger partial charge < -0.3 is 14.9 Å². The summed E-state index contributed by atoms with van der Waals surface area (Å²) in [6.45, 7) is 7.20. The van der Waals surface area contributed by atoms with Gasteiger partial charge in [0.15, 0.2) is 0 Å². The van der Waals surface area contributed by atoms with Crippen LogP contribution in [0.2, 0.25) is 0 Å². The summed E-state index contributed by atoms with van der Waals surface area (Å²) < 4.78 is 13.4. The van der Waals surface area contributed by atoms with Crippen molar-refractivity contribution in [3.05, 3.63) is 29.6 Å². The zero-order valence-corrected chi connectivity index (χ0v) is 12.6. The van der Waals surface area contributed by atoms with E-state index in [1.165, 1.54) is 12.1 Å². The first kappa shape index (κ1) is 15.3. The predicted molar refractivity (Wildman–Crippen MR) is 80.6 cm³/mol. The zero-order chi connectivity index (χ0) is 14.7. The van der Waals surface area contributed by atoms with Gasteiger partial charge in [0.25, 0.3) is 0 Å². The highest BCUT2D eigenvalue weighted by atomic mass is 19.1. The lowest BCUT2D eigenvalue weighted by Gasteiger charge is -2.38. The van der Waals surface area contributed by atoms with Crippen LogP contribution in [0.5, 0.6) is 0 Å². The Hall–Kier alpha value is -1.13. The molecular formula is C16H25FN2O. The van der Waals surface area contributed by atoms with Crippen LogP contribution in [0.25, 0.3) is 0 Å². The molecule has 1 aromatic rings. The summed E-state index contributed by atoms with van der Waals surface area (Å²) in [5.41, 5.74) is 1.61. The molecule has 2 rings (SSSR count). The van der Waals surface area contributed by atoms with E-state index >= 15 is 0 Å². The minimum Gasteiger partial charge on any atom is -0.389 e. The molecule has 3 nitrogen and oxygen atoms in total. The number of halogens is 1. The molecule has 1 heterocycles. The molecule has 4 heteroatoms. The highest BCUT2D eigenvalue weighted by molar-refractivity contribution is 5.55.